The number of hydrogen-bond acceptors (Lipinski definition) is 4. The smallest absolute Gasteiger partial charge is 0.0543 e. The summed E-state index contributed by atoms with van der Waals surface area (Å²) < 4.78 is 0. The van der Waals surface area contributed by atoms with Crippen LogP contribution >= 0.6 is 0 Å². The number of pyridine rings is 1. The molecule has 0 aromatic carbocycles. The van der Waals surface area contributed by atoms with Crippen LogP contribution in [-0.2, 0) is 23.6 Å². The molecule has 1 radical (unpaired) electrons. The van der Waals surface area contributed by atoms with Crippen molar-refractivity contribution in [3.63, 3.8) is 0 Å². The van der Waals surface area contributed by atoms with E-state index in [9.17, 15) is 0 Å². The first-order valence-corrected chi connectivity index (χ1v) is 6.49. The second-order valence-electron chi connectivity index (χ2n) is 5.20. The minimum absolute atomic E-state index is 0. The zero-order chi connectivity index (χ0) is 13.4. The topological polar surface area (TPSA) is 22.6 Å². The Bertz CT molecular complexity index is 304. The molecule has 0 amide bonds. The molecule has 0 N–H and O–H groups in total. The van der Waals surface area contributed by atoms with E-state index in [2.05, 4.69) is 60.0 Å². The minimum atomic E-state index is 0. The fraction of sp³-hybridized carbons (Fsp3) is 0.643. The van der Waals surface area contributed by atoms with E-state index >= 15 is 0 Å². The van der Waals surface area contributed by atoms with E-state index in [1.165, 1.54) is 0 Å². The molecule has 0 unspecified atom stereocenters. The zero-order valence-corrected chi connectivity index (χ0v) is 13.4. The van der Waals surface area contributed by atoms with Gasteiger partial charge < -0.3 is 9.80 Å². The molecule has 0 saturated carbocycles. The molecule has 0 aliphatic rings. The standard InChI is InChI=1S/C14H26N4.Cu/c1-16(2)9-11-18(12-10-17(3)4)13-14-7-5-6-8-15-14;/h5-8H,9-13H2,1-4H3;. The Balaban J connectivity index is 0.00000324. The van der Waals surface area contributed by atoms with Crippen molar-refractivity contribution in [2.45, 2.75) is 6.54 Å². The van der Waals surface area contributed by atoms with Crippen LogP contribution in [0.2, 0.25) is 0 Å². The Hall–Kier alpha value is -0.451. The van der Waals surface area contributed by atoms with Crippen molar-refractivity contribution in [1.82, 2.24) is 19.7 Å². The van der Waals surface area contributed by atoms with Gasteiger partial charge in [-0.2, -0.15) is 0 Å². The molecule has 113 valence electrons. The van der Waals surface area contributed by atoms with Gasteiger partial charge in [-0.25, -0.2) is 0 Å². The van der Waals surface area contributed by atoms with Gasteiger partial charge in [-0.15, -0.1) is 0 Å². The van der Waals surface area contributed by atoms with Crippen molar-refractivity contribution >= 4 is 0 Å². The summed E-state index contributed by atoms with van der Waals surface area (Å²) in [6.45, 7) is 5.26. The van der Waals surface area contributed by atoms with Gasteiger partial charge in [0.1, 0.15) is 0 Å². The number of hydrogen-bond donors (Lipinski definition) is 0. The van der Waals surface area contributed by atoms with Gasteiger partial charge in [-0.1, -0.05) is 6.07 Å². The molecule has 4 nitrogen and oxygen atoms in total. The minimum Gasteiger partial charge on any atom is -0.308 e. The largest absolute Gasteiger partial charge is 0.308 e. The summed E-state index contributed by atoms with van der Waals surface area (Å²) in [6, 6.07) is 6.12. The van der Waals surface area contributed by atoms with Crippen molar-refractivity contribution in [2.75, 3.05) is 54.4 Å². The molecule has 1 rings (SSSR count). The van der Waals surface area contributed by atoms with Gasteiger partial charge in [-0.05, 0) is 40.3 Å². The molecule has 1 aromatic rings. The summed E-state index contributed by atoms with van der Waals surface area (Å²) >= 11 is 0. The van der Waals surface area contributed by atoms with E-state index in [1.807, 2.05) is 12.3 Å². The van der Waals surface area contributed by atoms with Gasteiger partial charge in [0.05, 0.1) is 5.69 Å². The first-order chi connectivity index (χ1) is 8.58. The van der Waals surface area contributed by atoms with Gasteiger partial charge in [0, 0.05) is 56.0 Å². The summed E-state index contributed by atoms with van der Waals surface area (Å²) in [5, 5.41) is 0. The van der Waals surface area contributed by atoms with Crippen LogP contribution in [0.25, 0.3) is 0 Å². The Kier molecular flexibility index (Phi) is 10.1. The molecule has 0 aliphatic heterocycles. The molecule has 0 spiro atoms. The summed E-state index contributed by atoms with van der Waals surface area (Å²) in [5.74, 6) is 0. The predicted octanol–water partition coefficient (Wildman–Crippen LogP) is 1.00. The molecule has 1 aromatic heterocycles. The van der Waals surface area contributed by atoms with Gasteiger partial charge in [0.25, 0.3) is 0 Å². The number of rotatable bonds is 8. The third-order valence-corrected chi connectivity index (χ3v) is 2.84. The Morgan fingerprint density at radius 2 is 1.47 bits per heavy atom. The normalized spacial score (nSPS) is 11.1. The van der Waals surface area contributed by atoms with Crippen LogP contribution in [0.5, 0.6) is 0 Å². The van der Waals surface area contributed by atoms with E-state index in [0.29, 0.717) is 0 Å². The Labute approximate surface area is 128 Å². The van der Waals surface area contributed by atoms with Gasteiger partial charge in [0.15, 0.2) is 0 Å². The molecular weight excluding hydrogens is 288 g/mol. The van der Waals surface area contributed by atoms with Crippen LogP contribution in [0.15, 0.2) is 24.4 Å². The average Bonchev–Trinajstić information content (AvgIpc) is 2.33. The molecule has 19 heavy (non-hydrogen) atoms. The Morgan fingerprint density at radius 1 is 0.895 bits per heavy atom. The molecule has 0 atom stereocenters. The number of nitrogens with zero attached hydrogens (tertiary/aromatic N) is 4. The fourth-order valence-electron chi connectivity index (χ4n) is 1.67. The quantitative estimate of drug-likeness (QED) is 0.668. The van der Waals surface area contributed by atoms with Gasteiger partial charge >= 0.3 is 0 Å². The molecule has 1 heterocycles. The molecular formula is C14H26CuN4. The molecule has 0 bridgehead atoms. The molecule has 0 aliphatic carbocycles. The van der Waals surface area contributed by atoms with Crippen LogP contribution < -0.4 is 0 Å². The summed E-state index contributed by atoms with van der Waals surface area (Å²) in [7, 11) is 8.46. The summed E-state index contributed by atoms with van der Waals surface area (Å²) in [4.78, 5) is 11.3. The van der Waals surface area contributed by atoms with Crippen LogP contribution in [0, 0.1) is 0 Å². The third-order valence-electron chi connectivity index (χ3n) is 2.84. The van der Waals surface area contributed by atoms with Crippen molar-refractivity contribution in [2.24, 2.45) is 0 Å². The molecule has 5 heteroatoms. The van der Waals surface area contributed by atoms with E-state index in [-0.39, 0.29) is 17.1 Å². The van der Waals surface area contributed by atoms with Crippen LogP contribution in [0.1, 0.15) is 5.69 Å². The van der Waals surface area contributed by atoms with Crippen LogP contribution in [0.3, 0.4) is 0 Å². The zero-order valence-electron chi connectivity index (χ0n) is 12.4. The number of likely N-dealkylation sites (N-methyl/N-ethyl adjacent to an activating group) is 2. The summed E-state index contributed by atoms with van der Waals surface area (Å²) in [5.41, 5.74) is 1.15. The van der Waals surface area contributed by atoms with E-state index in [1.54, 1.807) is 0 Å². The van der Waals surface area contributed by atoms with Crippen LogP contribution in [-0.4, -0.2) is 74.1 Å². The first kappa shape index (κ1) is 18.5. The van der Waals surface area contributed by atoms with Crippen molar-refractivity contribution < 1.29 is 17.1 Å². The van der Waals surface area contributed by atoms with Gasteiger partial charge in [0.2, 0.25) is 0 Å². The molecule has 0 fully saturated rings. The maximum Gasteiger partial charge on any atom is 0.0543 e. The van der Waals surface area contributed by atoms with Crippen LogP contribution in [0.4, 0.5) is 0 Å². The van der Waals surface area contributed by atoms with Crippen molar-refractivity contribution in [1.29, 1.82) is 0 Å². The fourth-order valence-corrected chi connectivity index (χ4v) is 1.67. The first-order valence-electron chi connectivity index (χ1n) is 6.49. The van der Waals surface area contributed by atoms with E-state index < -0.39 is 0 Å². The monoisotopic (exact) mass is 313 g/mol. The number of aromatic nitrogens is 1. The third kappa shape index (κ3) is 9.14. The van der Waals surface area contributed by atoms with Crippen molar-refractivity contribution in [3.05, 3.63) is 30.1 Å². The van der Waals surface area contributed by atoms with E-state index in [4.69, 9.17) is 0 Å². The second kappa shape index (κ2) is 10.4. The average molecular weight is 314 g/mol. The second-order valence-corrected chi connectivity index (χ2v) is 5.20. The maximum atomic E-state index is 4.40. The summed E-state index contributed by atoms with van der Waals surface area (Å²) in [6.07, 6.45) is 1.87. The van der Waals surface area contributed by atoms with E-state index in [0.717, 1.165) is 38.4 Å². The van der Waals surface area contributed by atoms with Gasteiger partial charge in [-0.3, -0.25) is 9.88 Å². The molecule has 0 saturated heterocycles. The Morgan fingerprint density at radius 3 is 1.89 bits per heavy atom. The maximum absolute atomic E-state index is 4.40. The van der Waals surface area contributed by atoms with Crippen molar-refractivity contribution in [3.8, 4) is 0 Å². The SMILES string of the molecule is CN(C)CCN(CCN(C)C)Cc1ccccn1.[Cu]. The predicted molar refractivity (Wildman–Crippen MR) is 76.6 cm³/mol.